The van der Waals surface area contributed by atoms with E-state index < -0.39 is 33.4 Å². The van der Waals surface area contributed by atoms with Gasteiger partial charge in [0.1, 0.15) is 6.04 Å². The minimum absolute atomic E-state index is 0.0317. The molecule has 1 aromatic carbocycles. The molecule has 0 radical (unpaired) electrons. The number of likely N-dealkylation sites (tertiary alicyclic amines) is 1. The van der Waals surface area contributed by atoms with Crippen LogP contribution in [0.1, 0.15) is 52.9 Å². The number of aliphatic hydroxyl groups excluding tert-OH is 1. The average molecular weight is 564 g/mol. The van der Waals surface area contributed by atoms with Gasteiger partial charge in [-0.3, -0.25) is 14.4 Å². The van der Waals surface area contributed by atoms with E-state index in [9.17, 15) is 19.5 Å². The second kappa shape index (κ2) is 10.4. The van der Waals surface area contributed by atoms with E-state index in [1.165, 1.54) is 6.42 Å². The van der Waals surface area contributed by atoms with Gasteiger partial charge in [0.25, 0.3) is 0 Å². The highest BCUT2D eigenvalue weighted by Gasteiger charge is 2.74. The molecule has 214 valence electrons. The summed E-state index contributed by atoms with van der Waals surface area (Å²) < 4.78 is -1.54. The molecule has 2 saturated heterocycles. The quantitative estimate of drug-likeness (QED) is 0.548. The first kappa shape index (κ1) is 27.6. The molecule has 4 aliphatic heterocycles. The van der Waals surface area contributed by atoms with E-state index in [2.05, 4.69) is 25.2 Å². The molecule has 5 aliphatic rings. The third kappa shape index (κ3) is 4.08. The third-order valence-electron chi connectivity index (χ3n) is 9.92. The maximum absolute atomic E-state index is 14.7. The van der Waals surface area contributed by atoms with E-state index in [4.69, 9.17) is 0 Å². The van der Waals surface area contributed by atoms with Crippen LogP contribution < -0.4 is 4.90 Å². The highest BCUT2D eigenvalue weighted by molar-refractivity contribution is 8.02. The fourth-order valence-corrected chi connectivity index (χ4v) is 10.2. The summed E-state index contributed by atoms with van der Waals surface area (Å²) in [5.74, 6) is -1.68. The van der Waals surface area contributed by atoms with Crippen LogP contribution in [-0.4, -0.2) is 79.9 Å². The summed E-state index contributed by atoms with van der Waals surface area (Å²) in [6, 6.07) is 8.51. The molecule has 4 heterocycles. The topological polar surface area (TPSA) is 81.2 Å². The summed E-state index contributed by atoms with van der Waals surface area (Å²) in [6.45, 7) is 6.76. The average Bonchev–Trinajstić information content (AvgIpc) is 3.21. The van der Waals surface area contributed by atoms with Crippen molar-refractivity contribution in [2.75, 3.05) is 24.6 Å². The van der Waals surface area contributed by atoms with Gasteiger partial charge in [0.2, 0.25) is 17.7 Å². The zero-order chi connectivity index (χ0) is 28.2. The van der Waals surface area contributed by atoms with E-state index >= 15 is 0 Å². The van der Waals surface area contributed by atoms with Gasteiger partial charge in [0.15, 0.2) is 0 Å². The van der Waals surface area contributed by atoms with Crippen LogP contribution in [0.3, 0.4) is 0 Å². The van der Waals surface area contributed by atoms with Crippen LogP contribution in [0.4, 0.5) is 5.69 Å². The highest BCUT2D eigenvalue weighted by atomic mass is 32.2. The summed E-state index contributed by atoms with van der Waals surface area (Å²) in [6.07, 6.45) is 13.7. The van der Waals surface area contributed by atoms with Gasteiger partial charge in [-0.25, -0.2) is 0 Å². The van der Waals surface area contributed by atoms with Crippen LogP contribution in [0.2, 0.25) is 0 Å². The molecule has 1 aromatic rings. The molecule has 1 spiro atoms. The minimum Gasteiger partial charge on any atom is -0.394 e. The van der Waals surface area contributed by atoms with Crippen LogP contribution in [0, 0.1) is 17.8 Å². The van der Waals surface area contributed by atoms with Crippen LogP contribution in [0.25, 0.3) is 0 Å². The van der Waals surface area contributed by atoms with Gasteiger partial charge in [-0.2, -0.15) is 0 Å². The van der Waals surface area contributed by atoms with Crippen LogP contribution in [0.5, 0.6) is 0 Å². The zero-order valence-electron chi connectivity index (χ0n) is 23.7. The van der Waals surface area contributed by atoms with Crippen LogP contribution >= 0.6 is 11.8 Å². The van der Waals surface area contributed by atoms with Crippen molar-refractivity contribution in [3.63, 3.8) is 0 Å². The SMILES string of the molecule is CC(C)[C@H](CO)N1C(=O)[C@@H]2[C@@H]3C(=O)N(c4ccccc4)CC=C[C@]3(C)S[C@@]23C=CCN(C2CCCCC2)C(=O)C13. The van der Waals surface area contributed by atoms with Crippen molar-refractivity contribution in [3.8, 4) is 0 Å². The summed E-state index contributed by atoms with van der Waals surface area (Å²) >= 11 is 1.61. The van der Waals surface area contributed by atoms with Crippen LogP contribution in [-0.2, 0) is 14.4 Å². The van der Waals surface area contributed by atoms with Gasteiger partial charge in [0, 0.05) is 29.6 Å². The largest absolute Gasteiger partial charge is 0.394 e. The van der Waals surface area contributed by atoms with Gasteiger partial charge in [0.05, 0.1) is 29.2 Å². The molecular weight excluding hydrogens is 522 g/mol. The molecule has 6 rings (SSSR count). The van der Waals surface area contributed by atoms with E-state index in [0.29, 0.717) is 13.1 Å². The smallest absolute Gasteiger partial charge is 0.247 e. The number of rotatable bonds is 5. The molecule has 1 unspecified atom stereocenters. The predicted molar refractivity (Wildman–Crippen MR) is 158 cm³/mol. The standard InChI is InChI=1S/C32H41N3O4S/c1-21(2)24(20-36)35-27-30(39)34(23-14-8-5-9-15-23)19-11-17-32(27)26(29(35)38)25-28(37)33(22-12-6-4-7-13-22)18-10-16-31(25,3)40-32/h4,6-7,10-13,16-17,21,23-27,36H,5,8-9,14-15,18-20H2,1-3H3/t24-,25+,26-,27?,31-,32-/m0/s1. The molecule has 1 aliphatic carbocycles. The van der Waals surface area contributed by atoms with Crippen molar-refractivity contribution in [1.29, 1.82) is 0 Å². The van der Waals surface area contributed by atoms with E-state index in [1.54, 1.807) is 21.6 Å². The highest BCUT2D eigenvalue weighted by Crippen LogP contribution is 2.66. The number of para-hydroxylation sites is 1. The van der Waals surface area contributed by atoms with Gasteiger partial charge in [-0.15, -0.1) is 11.8 Å². The van der Waals surface area contributed by atoms with Gasteiger partial charge in [-0.1, -0.05) is 75.6 Å². The number of anilines is 1. The van der Waals surface area contributed by atoms with Crippen LogP contribution in [0.15, 0.2) is 54.6 Å². The second-order valence-electron chi connectivity index (χ2n) is 12.6. The lowest BCUT2D eigenvalue weighted by atomic mass is 9.74. The number of nitrogens with zero attached hydrogens (tertiary/aromatic N) is 3. The molecule has 6 atom stereocenters. The molecule has 0 aromatic heterocycles. The van der Waals surface area contributed by atoms with Crippen molar-refractivity contribution >= 4 is 35.2 Å². The number of fused-ring (bicyclic) bond motifs is 2. The van der Waals surface area contributed by atoms with Gasteiger partial charge >= 0.3 is 0 Å². The molecule has 3 fully saturated rings. The molecule has 1 saturated carbocycles. The Morgan fingerprint density at radius 1 is 0.925 bits per heavy atom. The molecule has 0 bridgehead atoms. The normalized spacial score (nSPS) is 35.1. The second-order valence-corrected chi connectivity index (χ2v) is 14.4. The molecule has 1 N–H and O–H groups in total. The number of thioether (sulfide) groups is 1. The Morgan fingerprint density at radius 3 is 2.30 bits per heavy atom. The summed E-state index contributed by atoms with van der Waals surface area (Å²) in [5.41, 5.74) is 0.803. The summed E-state index contributed by atoms with van der Waals surface area (Å²) in [4.78, 5) is 49.3. The number of hydrogen-bond donors (Lipinski definition) is 1. The van der Waals surface area contributed by atoms with Crippen molar-refractivity contribution < 1.29 is 19.5 Å². The number of benzene rings is 1. The van der Waals surface area contributed by atoms with Gasteiger partial charge in [-0.05, 0) is 37.8 Å². The van der Waals surface area contributed by atoms with Gasteiger partial charge < -0.3 is 19.8 Å². The summed E-state index contributed by atoms with van der Waals surface area (Å²) in [5, 5.41) is 10.5. The Kier molecular flexibility index (Phi) is 7.14. The number of amides is 3. The Hall–Kier alpha value is -2.58. The first-order valence-corrected chi connectivity index (χ1v) is 15.7. The molecule has 7 nitrogen and oxygen atoms in total. The Bertz CT molecular complexity index is 1230. The molecule has 8 heteroatoms. The Balaban J connectivity index is 1.48. The maximum atomic E-state index is 14.7. The first-order chi connectivity index (χ1) is 19.2. The zero-order valence-corrected chi connectivity index (χ0v) is 24.6. The lowest BCUT2D eigenvalue weighted by molar-refractivity contribution is -0.148. The Labute approximate surface area is 241 Å². The van der Waals surface area contributed by atoms with E-state index in [1.807, 2.05) is 55.2 Å². The lowest BCUT2D eigenvalue weighted by Gasteiger charge is -2.42. The molecular formula is C32H41N3O4S. The monoisotopic (exact) mass is 563 g/mol. The van der Waals surface area contributed by atoms with E-state index in [-0.39, 0.29) is 36.3 Å². The minimum atomic E-state index is -0.890. The Morgan fingerprint density at radius 2 is 1.62 bits per heavy atom. The van der Waals surface area contributed by atoms with Crippen molar-refractivity contribution in [2.24, 2.45) is 17.8 Å². The van der Waals surface area contributed by atoms with Crippen molar-refractivity contribution in [1.82, 2.24) is 9.80 Å². The number of carbonyl (C=O) groups is 3. The fraction of sp³-hybridized carbons (Fsp3) is 0.594. The fourth-order valence-electron chi connectivity index (χ4n) is 8.02. The third-order valence-corrected chi connectivity index (χ3v) is 11.7. The predicted octanol–water partition coefficient (Wildman–Crippen LogP) is 4.02. The lowest BCUT2D eigenvalue weighted by Crippen LogP contribution is -2.59. The van der Waals surface area contributed by atoms with Crippen molar-refractivity contribution in [2.45, 2.75) is 80.5 Å². The van der Waals surface area contributed by atoms with E-state index in [0.717, 1.165) is 31.4 Å². The number of aliphatic hydroxyl groups is 1. The summed E-state index contributed by atoms with van der Waals surface area (Å²) in [7, 11) is 0. The first-order valence-electron chi connectivity index (χ1n) is 14.9. The number of carbonyl (C=O) groups excluding carboxylic acids is 3. The maximum Gasteiger partial charge on any atom is 0.247 e. The van der Waals surface area contributed by atoms with Crippen molar-refractivity contribution in [3.05, 3.63) is 54.6 Å². The number of hydrogen-bond acceptors (Lipinski definition) is 5. The molecule has 3 amide bonds. The molecule has 40 heavy (non-hydrogen) atoms.